The lowest BCUT2D eigenvalue weighted by Gasteiger charge is -2.32. The van der Waals surface area contributed by atoms with Crippen molar-refractivity contribution in [1.82, 2.24) is 10.2 Å². The molecule has 0 saturated heterocycles. The highest BCUT2D eigenvalue weighted by Gasteiger charge is 2.32. The van der Waals surface area contributed by atoms with Crippen molar-refractivity contribution in [3.05, 3.63) is 88.4 Å². The number of amides is 2. The van der Waals surface area contributed by atoms with Gasteiger partial charge < -0.3 is 15.0 Å². The fraction of sp³-hybridized carbons (Fsp3) is 0.355. The molecule has 0 fully saturated rings. The van der Waals surface area contributed by atoms with Crippen LogP contribution in [0.2, 0.25) is 0 Å². The first-order valence-corrected chi connectivity index (χ1v) is 15.9. The highest BCUT2D eigenvalue weighted by molar-refractivity contribution is 9.10. The Balaban J connectivity index is 2.00. The predicted molar refractivity (Wildman–Crippen MR) is 165 cm³/mol. The number of carbonyl (C=O) groups excluding carboxylic acids is 2. The van der Waals surface area contributed by atoms with Crippen LogP contribution in [0.25, 0.3) is 0 Å². The van der Waals surface area contributed by atoms with E-state index in [1.807, 2.05) is 45.0 Å². The summed E-state index contributed by atoms with van der Waals surface area (Å²) in [6, 6.07) is 19.7. The number of hydrogen-bond acceptors (Lipinski definition) is 5. The van der Waals surface area contributed by atoms with E-state index in [0.717, 1.165) is 32.7 Å². The second-order valence-corrected chi connectivity index (χ2v) is 12.5. The Morgan fingerprint density at radius 1 is 1.00 bits per heavy atom. The first-order valence-electron chi connectivity index (χ1n) is 13.7. The lowest BCUT2D eigenvalue weighted by molar-refractivity contribution is -0.139. The summed E-state index contributed by atoms with van der Waals surface area (Å²) in [5.41, 5.74) is 2.17. The molecule has 0 aromatic heterocycles. The lowest BCUT2D eigenvalue weighted by atomic mass is 10.1. The molecule has 3 aromatic rings. The summed E-state index contributed by atoms with van der Waals surface area (Å²) in [6.45, 7) is 8.13. The number of benzene rings is 3. The molecule has 0 bridgehead atoms. The summed E-state index contributed by atoms with van der Waals surface area (Å²) in [5, 5.41) is 2.90. The minimum atomic E-state index is -4.14. The molecule has 0 aliphatic rings. The molecule has 0 spiro atoms. The molecule has 1 atom stereocenters. The number of unbranched alkanes of at least 4 members (excludes halogenated alkanes) is 1. The van der Waals surface area contributed by atoms with Gasteiger partial charge in [0, 0.05) is 17.6 Å². The van der Waals surface area contributed by atoms with Crippen molar-refractivity contribution in [3.63, 3.8) is 0 Å². The number of nitrogens with one attached hydrogen (secondary N) is 1. The fourth-order valence-corrected chi connectivity index (χ4v) is 5.94. The number of nitrogens with zero attached hydrogens (tertiary/aromatic N) is 2. The lowest BCUT2D eigenvalue weighted by Crippen LogP contribution is -2.51. The number of carbonyl (C=O) groups is 2. The smallest absolute Gasteiger partial charge is 0.264 e. The number of ether oxygens (including phenoxy) is 1. The maximum absolute atomic E-state index is 14.0. The Morgan fingerprint density at radius 3 is 2.29 bits per heavy atom. The van der Waals surface area contributed by atoms with Gasteiger partial charge in [0.1, 0.15) is 18.3 Å². The Hall–Kier alpha value is -3.37. The molecule has 3 rings (SSSR count). The van der Waals surface area contributed by atoms with Crippen LogP contribution in [0.15, 0.2) is 82.2 Å². The van der Waals surface area contributed by atoms with E-state index in [4.69, 9.17) is 4.74 Å². The maximum Gasteiger partial charge on any atom is 0.264 e. The molecule has 220 valence electrons. The molecule has 2 amide bonds. The zero-order valence-electron chi connectivity index (χ0n) is 24.0. The molecule has 0 radical (unpaired) electrons. The molecular weight excluding hydrogens is 606 g/mol. The van der Waals surface area contributed by atoms with Crippen molar-refractivity contribution >= 4 is 43.5 Å². The summed E-state index contributed by atoms with van der Waals surface area (Å²) in [5.74, 6) is -0.205. The summed E-state index contributed by atoms with van der Waals surface area (Å²) >= 11 is 3.34. The molecule has 10 heteroatoms. The van der Waals surface area contributed by atoms with Crippen molar-refractivity contribution in [2.24, 2.45) is 0 Å². The van der Waals surface area contributed by atoms with Gasteiger partial charge in [-0.15, -0.1) is 0 Å². The average molecular weight is 645 g/mol. The van der Waals surface area contributed by atoms with E-state index < -0.39 is 28.5 Å². The van der Waals surface area contributed by atoms with E-state index in [-0.39, 0.29) is 17.3 Å². The van der Waals surface area contributed by atoms with Gasteiger partial charge in [0.15, 0.2) is 0 Å². The van der Waals surface area contributed by atoms with Gasteiger partial charge in [0.2, 0.25) is 11.8 Å². The zero-order chi connectivity index (χ0) is 30.0. The van der Waals surface area contributed by atoms with E-state index in [2.05, 4.69) is 21.2 Å². The van der Waals surface area contributed by atoms with Gasteiger partial charge in [-0.2, -0.15) is 0 Å². The van der Waals surface area contributed by atoms with Gasteiger partial charge in [-0.1, -0.05) is 59.1 Å². The molecule has 0 heterocycles. The van der Waals surface area contributed by atoms with Crippen LogP contribution < -0.4 is 14.4 Å². The minimum absolute atomic E-state index is 0.0398. The second-order valence-electron chi connectivity index (χ2n) is 9.72. The third-order valence-corrected chi connectivity index (χ3v) is 8.87. The number of anilines is 1. The van der Waals surface area contributed by atoms with E-state index in [9.17, 15) is 18.0 Å². The maximum atomic E-state index is 14.0. The average Bonchev–Trinajstić information content (AvgIpc) is 2.95. The van der Waals surface area contributed by atoms with Gasteiger partial charge in [0.25, 0.3) is 10.0 Å². The van der Waals surface area contributed by atoms with Gasteiger partial charge in [0.05, 0.1) is 17.2 Å². The first-order chi connectivity index (χ1) is 19.6. The second kappa shape index (κ2) is 15.0. The summed E-state index contributed by atoms with van der Waals surface area (Å²) in [6.07, 6.45) is 1.74. The molecule has 3 aromatic carbocycles. The Bertz CT molecular complexity index is 1410. The molecular formula is C31H38BrN3O5S. The SMILES string of the molecule is CCCCNC(=O)C(C)N(Cc1cccc(C)c1)C(=O)CN(c1ccc(OCC)cc1)S(=O)(=O)c1ccc(Br)cc1. The molecule has 8 nitrogen and oxygen atoms in total. The fourth-order valence-electron chi connectivity index (χ4n) is 4.26. The molecule has 0 saturated carbocycles. The highest BCUT2D eigenvalue weighted by atomic mass is 79.9. The minimum Gasteiger partial charge on any atom is -0.494 e. The van der Waals surface area contributed by atoms with E-state index >= 15 is 0 Å². The van der Waals surface area contributed by atoms with Crippen molar-refractivity contribution in [3.8, 4) is 5.75 Å². The van der Waals surface area contributed by atoms with Gasteiger partial charge >= 0.3 is 0 Å². The predicted octanol–water partition coefficient (Wildman–Crippen LogP) is 5.69. The number of aryl methyl sites for hydroxylation is 1. The zero-order valence-corrected chi connectivity index (χ0v) is 26.4. The van der Waals surface area contributed by atoms with Crippen LogP contribution in [0, 0.1) is 6.92 Å². The van der Waals surface area contributed by atoms with Crippen molar-refractivity contribution in [2.45, 2.75) is 58.0 Å². The van der Waals surface area contributed by atoms with Crippen molar-refractivity contribution in [2.75, 3.05) is 24.0 Å². The Morgan fingerprint density at radius 2 is 1.68 bits per heavy atom. The number of rotatable bonds is 14. The van der Waals surface area contributed by atoms with Crippen LogP contribution in [-0.2, 0) is 26.2 Å². The molecule has 0 aliphatic carbocycles. The summed E-state index contributed by atoms with van der Waals surface area (Å²) in [7, 11) is -4.14. The molecule has 1 N–H and O–H groups in total. The van der Waals surface area contributed by atoms with Crippen molar-refractivity contribution in [1.29, 1.82) is 0 Å². The number of halogens is 1. The monoisotopic (exact) mass is 643 g/mol. The standard InChI is InChI=1S/C31H38BrN3O5S/c1-5-7-19-33-31(37)24(4)34(21-25-10-8-9-23(3)20-25)30(36)22-35(27-13-15-28(16-14-27)40-6-2)41(38,39)29-17-11-26(32)12-18-29/h8-18,20,24H,5-7,19,21-22H2,1-4H3,(H,33,37). The van der Waals surface area contributed by atoms with Crippen LogP contribution >= 0.6 is 15.9 Å². The van der Waals surface area contributed by atoms with E-state index in [0.29, 0.717) is 24.6 Å². The summed E-state index contributed by atoms with van der Waals surface area (Å²) in [4.78, 5) is 28.6. The Labute approximate surface area is 251 Å². The highest BCUT2D eigenvalue weighted by Crippen LogP contribution is 2.27. The topological polar surface area (TPSA) is 96.0 Å². The van der Waals surface area contributed by atoms with Gasteiger partial charge in [-0.3, -0.25) is 13.9 Å². The van der Waals surface area contributed by atoms with Crippen LogP contribution in [0.1, 0.15) is 44.7 Å². The third-order valence-electron chi connectivity index (χ3n) is 6.55. The molecule has 1 unspecified atom stereocenters. The first kappa shape index (κ1) is 32.1. The Kier molecular flexibility index (Phi) is 11.8. The quantitative estimate of drug-likeness (QED) is 0.228. The van der Waals surface area contributed by atoms with E-state index in [1.54, 1.807) is 43.3 Å². The number of sulfonamides is 1. The van der Waals surface area contributed by atoms with Crippen LogP contribution in [0.5, 0.6) is 5.75 Å². The normalized spacial score (nSPS) is 11.9. The van der Waals surface area contributed by atoms with Crippen LogP contribution in [0.3, 0.4) is 0 Å². The number of hydrogen-bond donors (Lipinski definition) is 1. The largest absolute Gasteiger partial charge is 0.494 e. The van der Waals surface area contributed by atoms with E-state index in [1.165, 1.54) is 17.0 Å². The molecule has 0 aliphatic heterocycles. The third kappa shape index (κ3) is 8.81. The van der Waals surface area contributed by atoms with Gasteiger partial charge in [-0.05, 0) is 81.3 Å². The van der Waals surface area contributed by atoms with Crippen molar-refractivity contribution < 1.29 is 22.7 Å². The molecule has 41 heavy (non-hydrogen) atoms. The van der Waals surface area contributed by atoms with Gasteiger partial charge in [-0.25, -0.2) is 8.42 Å². The van der Waals surface area contributed by atoms with Crippen LogP contribution in [0.4, 0.5) is 5.69 Å². The van der Waals surface area contributed by atoms with Crippen LogP contribution in [-0.4, -0.2) is 50.9 Å². The summed E-state index contributed by atoms with van der Waals surface area (Å²) < 4.78 is 35.2.